The molecule has 1 aromatic heterocycles. The monoisotopic (exact) mass is 184 g/mol. The first-order valence-corrected chi connectivity index (χ1v) is 4.27. The van der Waals surface area contributed by atoms with Gasteiger partial charge in [0.15, 0.2) is 0 Å². The molecule has 1 heterocycles. The maximum atomic E-state index is 5.70. The molecule has 0 aromatic carbocycles. The van der Waals surface area contributed by atoms with Crippen LogP contribution in [0.2, 0.25) is 0 Å². The average Bonchev–Trinajstić information content (AvgIpc) is 2.29. The fourth-order valence-electron chi connectivity index (χ4n) is 0.982. The van der Waals surface area contributed by atoms with Crippen LogP contribution in [0.5, 0.6) is 0 Å². The topological polar surface area (TPSA) is 69.9 Å². The van der Waals surface area contributed by atoms with Crippen LogP contribution in [-0.4, -0.2) is 42.0 Å². The molecule has 0 saturated heterocycles. The van der Waals surface area contributed by atoms with E-state index in [0.717, 1.165) is 17.6 Å². The van der Waals surface area contributed by atoms with Crippen LogP contribution < -0.4 is 11.5 Å². The molecule has 74 valence electrons. The van der Waals surface area contributed by atoms with E-state index in [-0.39, 0.29) is 0 Å². The van der Waals surface area contributed by atoms with Gasteiger partial charge in [0.2, 0.25) is 0 Å². The molecule has 0 atom stereocenters. The smallest absolute Gasteiger partial charge is 0.145 e. The zero-order valence-corrected chi connectivity index (χ0v) is 8.49. The molecule has 0 amide bonds. The van der Waals surface area contributed by atoms with Crippen molar-refractivity contribution in [3.05, 3.63) is 6.20 Å². The third kappa shape index (κ3) is 2.62. The second kappa shape index (κ2) is 3.26. The first-order chi connectivity index (χ1) is 5.90. The highest BCUT2D eigenvalue weighted by Gasteiger charge is 2.09. The predicted molar refractivity (Wildman–Crippen MR) is 54.0 cm³/mol. The van der Waals surface area contributed by atoms with Crippen LogP contribution in [-0.2, 0) is 6.54 Å². The zero-order valence-electron chi connectivity index (χ0n) is 8.49. The van der Waals surface area contributed by atoms with E-state index in [4.69, 9.17) is 11.5 Å². The first kappa shape index (κ1) is 9.85. The van der Waals surface area contributed by atoms with Gasteiger partial charge in [0.1, 0.15) is 5.82 Å². The van der Waals surface area contributed by atoms with Crippen LogP contribution in [0.25, 0.3) is 0 Å². The summed E-state index contributed by atoms with van der Waals surface area (Å²) in [6.45, 7) is 1.78. The Morgan fingerprint density at radius 3 is 2.38 bits per heavy atom. The zero-order chi connectivity index (χ0) is 10.1. The number of rotatable bonds is 3. The molecule has 0 unspecified atom stereocenters. The number of nitrogens with two attached hydrogens (primary N) is 2. The summed E-state index contributed by atoms with van der Waals surface area (Å²) in [7, 11) is 6.38. The third-order valence-corrected chi connectivity index (χ3v) is 1.89. The summed E-state index contributed by atoms with van der Waals surface area (Å²) in [6, 6.07) is 0. The highest BCUT2D eigenvalue weighted by atomic mass is 15.4. The molecule has 1 rings (SSSR count). The van der Waals surface area contributed by atoms with Crippen molar-refractivity contribution in [2.45, 2.75) is 6.54 Å². The Labute approximate surface area is 78.5 Å². The summed E-state index contributed by atoms with van der Waals surface area (Å²) < 4.78 is 2.62. The van der Waals surface area contributed by atoms with Crippen LogP contribution in [0.3, 0.4) is 0 Å². The van der Waals surface area contributed by atoms with Crippen molar-refractivity contribution in [3.63, 3.8) is 0 Å². The van der Waals surface area contributed by atoms with Crippen molar-refractivity contribution in [2.75, 3.05) is 39.2 Å². The molecule has 0 spiro atoms. The Hall–Kier alpha value is -1.23. The van der Waals surface area contributed by atoms with Crippen LogP contribution in [0, 0.1) is 0 Å². The van der Waals surface area contributed by atoms with Gasteiger partial charge in [0, 0.05) is 0 Å². The Bertz CT molecular complexity index is 283. The molecule has 0 aliphatic heterocycles. The Kier molecular flexibility index (Phi) is 2.47. The SMILES string of the molecule is C[N+](C)(C)CCn1ncc(N)c1N. The number of anilines is 2. The normalized spacial score (nSPS) is 11.9. The van der Waals surface area contributed by atoms with Gasteiger partial charge in [-0.15, -0.1) is 0 Å². The molecule has 0 aliphatic carbocycles. The van der Waals surface area contributed by atoms with Crippen molar-refractivity contribution in [1.29, 1.82) is 0 Å². The van der Waals surface area contributed by atoms with Crippen LogP contribution in [0.1, 0.15) is 0 Å². The van der Waals surface area contributed by atoms with E-state index in [0.29, 0.717) is 11.5 Å². The molecule has 13 heavy (non-hydrogen) atoms. The van der Waals surface area contributed by atoms with Crippen LogP contribution in [0.15, 0.2) is 6.20 Å². The molecule has 0 bridgehead atoms. The Balaban J connectivity index is 2.60. The summed E-state index contributed by atoms with van der Waals surface area (Å²) in [4.78, 5) is 0. The summed E-state index contributed by atoms with van der Waals surface area (Å²) in [6.07, 6.45) is 1.59. The molecule has 0 saturated carbocycles. The van der Waals surface area contributed by atoms with E-state index in [1.807, 2.05) is 0 Å². The van der Waals surface area contributed by atoms with E-state index >= 15 is 0 Å². The molecular weight excluding hydrogens is 166 g/mol. The van der Waals surface area contributed by atoms with E-state index in [2.05, 4.69) is 26.2 Å². The molecule has 1 aromatic rings. The quantitative estimate of drug-likeness (QED) is 0.637. The van der Waals surface area contributed by atoms with Gasteiger partial charge in [-0.3, -0.25) is 0 Å². The fourth-order valence-corrected chi connectivity index (χ4v) is 0.982. The number of hydrogen-bond acceptors (Lipinski definition) is 3. The van der Waals surface area contributed by atoms with Gasteiger partial charge in [-0.1, -0.05) is 0 Å². The Morgan fingerprint density at radius 1 is 1.38 bits per heavy atom. The number of likely N-dealkylation sites (N-methyl/N-ethyl adjacent to an activating group) is 1. The lowest BCUT2D eigenvalue weighted by atomic mass is 10.5. The minimum Gasteiger partial charge on any atom is -0.394 e. The highest BCUT2D eigenvalue weighted by molar-refractivity contribution is 5.56. The van der Waals surface area contributed by atoms with Gasteiger partial charge in [0.25, 0.3) is 0 Å². The van der Waals surface area contributed by atoms with Gasteiger partial charge in [0.05, 0.1) is 46.1 Å². The predicted octanol–water partition coefficient (Wildman–Crippen LogP) is -0.246. The highest BCUT2D eigenvalue weighted by Crippen LogP contribution is 2.12. The molecule has 0 radical (unpaired) electrons. The maximum Gasteiger partial charge on any atom is 0.145 e. The molecule has 4 N–H and O–H groups in total. The lowest BCUT2D eigenvalue weighted by molar-refractivity contribution is -0.871. The second-order valence-corrected chi connectivity index (χ2v) is 4.22. The van der Waals surface area contributed by atoms with Crippen molar-refractivity contribution in [1.82, 2.24) is 9.78 Å². The van der Waals surface area contributed by atoms with Crippen LogP contribution in [0.4, 0.5) is 11.5 Å². The molecule has 5 heteroatoms. The van der Waals surface area contributed by atoms with Crippen molar-refractivity contribution < 1.29 is 4.48 Å². The average molecular weight is 184 g/mol. The van der Waals surface area contributed by atoms with E-state index < -0.39 is 0 Å². The van der Waals surface area contributed by atoms with Gasteiger partial charge in [-0.25, -0.2) is 4.68 Å². The van der Waals surface area contributed by atoms with Crippen molar-refractivity contribution >= 4 is 11.5 Å². The lowest BCUT2D eigenvalue weighted by Gasteiger charge is -2.23. The summed E-state index contributed by atoms with van der Waals surface area (Å²) >= 11 is 0. The molecular formula is C8H18N5+. The number of aromatic nitrogens is 2. The standard InChI is InChI=1S/C8H18N5/c1-13(2,3)5-4-12-8(10)7(9)6-11-12/h6H,4-5,9-10H2,1-3H3/q+1. The number of hydrogen-bond donors (Lipinski definition) is 2. The van der Waals surface area contributed by atoms with Crippen LogP contribution >= 0.6 is 0 Å². The van der Waals surface area contributed by atoms with Gasteiger partial charge < -0.3 is 16.0 Å². The lowest BCUT2D eigenvalue weighted by Crippen LogP contribution is -2.37. The fraction of sp³-hybridized carbons (Fsp3) is 0.625. The number of nitrogen functional groups attached to an aromatic ring is 2. The molecule has 0 aliphatic rings. The minimum absolute atomic E-state index is 0.557. The third-order valence-electron chi connectivity index (χ3n) is 1.89. The summed E-state index contributed by atoms with van der Waals surface area (Å²) in [5, 5.41) is 4.08. The minimum atomic E-state index is 0.557. The largest absolute Gasteiger partial charge is 0.394 e. The van der Waals surface area contributed by atoms with Crippen molar-refractivity contribution in [2.24, 2.45) is 0 Å². The first-order valence-electron chi connectivity index (χ1n) is 4.27. The van der Waals surface area contributed by atoms with Gasteiger partial charge in [-0.2, -0.15) is 5.10 Å². The van der Waals surface area contributed by atoms with E-state index in [1.165, 1.54) is 0 Å². The number of quaternary nitrogens is 1. The Morgan fingerprint density at radius 2 is 2.00 bits per heavy atom. The molecule has 5 nitrogen and oxygen atoms in total. The number of nitrogens with zero attached hydrogens (tertiary/aromatic N) is 3. The maximum absolute atomic E-state index is 5.70. The summed E-state index contributed by atoms with van der Waals surface area (Å²) in [5.41, 5.74) is 11.8. The molecule has 0 fully saturated rings. The summed E-state index contributed by atoms with van der Waals surface area (Å²) in [5.74, 6) is 0.563. The van der Waals surface area contributed by atoms with E-state index in [1.54, 1.807) is 10.9 Å². The second-order valence-electron chi connectivity index (χ2n) is 4.22. The van der Waals surface area contributed by atoms with Crippen molar-refractivity contribution in [3.8, 4) is 0 Å². The van der Waals surface area contributed by atoms with Gasteiger partial charge in [-0.05, 0) is 0 Å². The van der Waals surface area contributed by atoms with E-state index in [9.17, 15) is 0 Å². The van der Waals surface area contributed by atoms with Gasteiger partial charge >= 0.3 is 0 Å².